The summed E-state index contributed by atoms with van der Waals surface area (Å²) in [7, 11) is 0. The number of nitrogens with one attached hydrogen (secondary N) is 2. The van der Waals surface area contributed by atoms with Gasteiger partial charge in [-0.2, -0.15) is 0 Å². The number of rotatable bonds is 6. The van der Waals surface area contributed by atoms with Crippen molar-refractivity contribution < 1.29 is 9.59 Å². The zero-order chi connectivity index (χ0) is 15.9. The van der Waals surface area contributed by atoms with Gasteiger partial charge in [0, 0.05) is 10.4 Å². The van der Waals surface area contributed by atoms with Gasteiger partial charge < -0.3 is 10.6 Å². The molecule has 1 heterocycles. The summed E-state index contributed by atoms with van der Waals surface area (Å²) >= 11 is 7.26. The minimum atomic E-state index is -0.599. The van der Waals surface area contributed by atoms with Crippen LogP contribution < -0.4 is 10.6 Å². The lowest BCUT2D eigenvalue weighted by molar-refractivity contribution is -0.128. The van der Waals surface area contributed by atoms with E-state index in [4.69, 9.17) is 11.6 Å². The molecule has 0 saturated heterocycles. The molecule has 0 aliphatic carbocycles. The predicted octanol–water partition coefficient (Wildman–Crippen LogP) is 2.16. The molecular formula is C15H16ClN3O2S. The monoisotopic (exact) mass is 337 g/mol. The van der Waals surface area contributed by atoms with E-state index in [-0.39, 0.29) is 18.2 Å². The number of carbonyl (C=O) groups is 2. The number of aromatic nitrogens is 1. The molecule has 0 aliphatic rings. The van der Waals surface area contributed by atoms with E-state index >= 15 is 0 Å². The average molecular weight is 338 g/mol. The number of amides is 2. The van der Waals surface area contributed by atoms with Crippen molar-refractivity contribution >= 4 is 34.8 Å². The van der Waals surface area contributed by atoms with E-state index in [1.165, 1.54) is 11.3 Å². The third kappa shape index (κ3) is 5.13. The van der Waals surface area contributed by atoms with Crippen molar-refractivity contribution in [3.05, 3.63) is 51.4 Å². The van der Waals surface area contributed by atoms with Gasteiger partial charge >= 0.3 is 0 Å². The highest BCUT2D eigenvalue weighted by atomic mass is 35.5. The number of halogens is 1. The molecule has 0 unspecified atom stereocenters. The molecule has 2 aromatic rings. The van der Waals surface area contributed by atoms with Crippen LogP contribution in [0.3, 0.4) is 0 Å². The van der Waals surface area contributed by atoms with Gasteiger partial charge in [-0.1, -0.05) is 23.7 Å². The fourth-order valence-corrected chi connectivity index (χ4v) is 2.49. The third-order valence-corrected chi connectivity index (χ3v) is 3.86. The zero-order valence-corrected chi connectivity index (χ0v) is 13.6. The fourth-order valence-electron chi connectivity index (χ4n) is 1.80. The molecule has 2 N–H and O–H groups in total. The zero-order valence-electron chi connectivity index (χ0n) is 12.0. The van der Waals surface area contributed by atoms with Crippen molar-refractivity contribution in [2.45, 2.75) is 25.9 Å². The molecule has 0 saturated carbocycles. The van der Waals surface area contributed by atoms with Gasteiger partial charge in [0.1, 0.15) is 6.04 Å². The predicted molar refractivity (Wildman–Crippen MR) is 86.7 cm³/mol. The molecule has 5 nitrogen and oxygen atoms in total. The summed E-state index contributed by atoms with van der Waals surface area (Å²) in [5.74, 6) is -0.448. The molecule has 1 aromatic heterocycles. The molecule has 2 amide bonds. The van der Waals surface area contributed by atoms with E-state index in [0.29, 0.717) is 11.6 Å². The van der Waals surface area contributed by atoms with Crippen LogP contribution in [0.15, 0.2) is 35.2 Å². The van der Waals surface area contributed by atoms with Crippen LogP contribution >= 0.6 is 22.9 Å². The van der Waals surface area contributed by atoms with Crippen molar-refractivity contribution in [1.82, 2.24) is 15.6 Å². The first-order valence-electron chi connectivity index (χ1n) is 6.73. The van der Waals surface area contributed by atoms with E-state index in [2.05, 4.69) is 15.6 Å². The molecule has 2 rings (SSSR count). The Labute approximate surface area is 137 Å². The SMILES string of the molecule is C[C@@H](NC(=O)Cc1ccc(Cl)cc1)C(=O)NCc1cscn1. The molecule has 116 valence electrons. The second-order valence-corrected chi connectivity index (χ2v) is 5.95. The summed E-state index contributed by atoms with van der Waals surface area (Å²) in [6.45, 7) is 2.01. The Kier molecular flexibility index (Phi) is 5.91. The number of hydrogen-bond donors (Lipinski definition) is 2. The summed E-state index contributed by atoms with van der Waals surface area (Å²) in [6.07, 6.45) is 0.209. The first-order valence-corrected chi connectivity index (χ1v) is 8.05. The van der Waals surface area contributed by atoms with Crippen molar-refractivity contribution in [3.8, 4) is 0 Å². The lowest BCUT2D eigenvalue weighted by atomic mass is 10.1. The molecule has 1 aromatic carbocycles. The second-order valence-electron chi connectivity index (χ2n) is 4.79. The summed E-state index contributed by atoms with van der Waals surface area (Å²) < 4.78 is 0. The summed E-state index contributed by atoms with van der Waals surface area (Å²) in [6, 6.07) is 6.44. The molecule has 0 fully saturated rings. The van der Waals surface area contributed by atoms with Crippen molar-refractivity contribution in [2.24, 2.45) is 0 Å². The summed E-state index contributed by atoms with van der Waals surface area (Å²) in [4.78, 5) is 27.9. The van der Waals surface area contributed by atoms with Crippen LogP contribution in [0.1, 0.15) is 18.2 Å². The van der Waals surface area contributed by atoms with Crippen LogP contribution in [-0.2, 0) is 22.6 Å². The summed E-state index contributed by atoms with van der Waals surface area (Å²) in [5, 5.41) is 7.89. The van der Waals surface area contributed by atoms with E-state index in [9.17, 15) is 9.59 Å². The fraction of sp³-hybridized carbons (Fsp3) is 0.267. The normalized spacial score (nSPS) is 11.7. The molecule has 0 bridgehead atoms. The van der Waals surface area contributed by atoms with Gasteiger partial charge in [-0.05, 0) is 24.6 Å². The molecule has 0 radical (unpaired) electrons. The van der Waals surface area contributed by atoms with Gasteiger partial charge in [-0.15, -0.1) is 11.3 Å². The number of thiazole rings is 1. The van der Waals surface area contributed by atoms with Gasteiger partial charge in [0.2, 0.25) is 11.8 Å². The van der Waals surface area contributed by atoms with Crippen LogP contribution in [0.2, 0.25) is 5.02 Å². The Morgan fingerprint density at radius 1 is 1.32 bits per heavy atom. The number of nitrogens with zero attached hydrogens (tertiary/aromatic N) is 1. The van der Waals surface area contributed by atoms with Gasteiger partial charge in [0.25, 0.3) is 0 Å². The molecule has 0 spiro atoms. The lowest BCUT2D eigenvalue weighted by Gasteiger charge is -2.13. The maximum atomic E-state index is 11.9. The van der Waals surface area contributed by atoms with Gasteiger partial charge in [0.15, 0.2) is 0 Å². The Morgan fingerprint density at radius 2 is 2.05 bits per heavy atom. The van der Waals surface area contributed by atoms with Crippen LogP contribution in [-0.4, -0.2) is 22.8 Å². The third-order valence-electron chi connectivity index (χ3n) is 2.98. The minimum Gasteiger partial charge on any atom is -0.349 e. The average Bonchev–Trinajstić information content (AvgIpc) is 3.00. The Balaban J connectivity index is 1.77. The second kappa shape index (κ2) is 7.91. The Hall–Kier alpha value is -1.92. The van der Waals surface area contributed by atoms with Gasteiger partial charge in [-0.25, -0.2) is 4.98 Å². The quantitative estimate of drug-likeness (QED) is 0.848. The molecule has 0 aliphatic heterocycles. The molecule has 1 atom stereocenters. The van der Waals surface area contributed by atoms with Crippen LogP contribution in [0.4, 0.5) is 0 Å². The van der Waals surface area contributed by atoms with E-state index in [1.807, 2.05) is 5.38 Å². The van der Waals surface area contributed by atoms with Gasteiger partial charge in [-0.3, -0.25) is 9.59 Å². The number of carbonyl (C=O) groups excluding carboxylic acids is 2. The lowest BCUT2D eigenvalue weighted by Crippen LogP contribution is -2.45. The van der Waals surface area contributed by atoms with Crippen molar-refractivity contribution in [3.63, 3.8) is 0 Å². The van der Waals surface area contributed by atoms with Crippen LogP contribution in [0, 0.1) is 0 Å². The highest BCUT2D eigenvalue weighted by Gasteiger charge is 2.15. The van der Waals surface area contributed by atoms with Gasteiger partial charge in [0.05, 0.1) is 24.2 Å². The van der Waals surface area contributed by atoms with E-state index < -0.39 is 6.04 Å². The topological polar surface area (TPSA) is 71.1 Å². The number of hydrogen-bond acceptors (Lipinski definition) is 4. The standard InChI is InChI=1S/C15H16ClN3O2S/c1-10(15(21)17-7-13-8-22-9-18-13)19-14(20)6-11-2-4-12(16)5-3-11/h2-5,8-10H,6-7H2,1H3,(H,17,21)(H,19,20)/t10-/m1/s1. The van der Waals surface area contributed by atoms with Crippen molar-refractivity contribution in [2.75, 3.05) is 0 Å². The highest BCUT2D eigenvalue weighted by Crippen LogP contribution is 2.09. The Morgan fingerprint density at radius 3 is 2.68 bits per heavy atom. The molecule has 22 heavy (non-hydrogen) atoms. The smallest absolute Gasteiger partial charge is 0.242 e. The first kappa shape index (κ1) is 16.5. The molecule has 7 heteroatoms. The maximum absolute atomic E-state index is 11.9. The van der Waals surface area contributed by atoms with Crippen LogP contribution in [0.5, 0.6) is 0 Å². The number of benzene rings is 1. The van der Waals surface area contributed by atoms with Crippen molar-refractivity contribution in [1.29, 1.82) is 0 Å². The van der Waals surface area contributed by atoms with E-state index in [1.54, 1.807) is 36.7 Å². The first-order chi connectivity index (χ1) is 10.5. The molecular weight excluding hydrogens is 322 g/mol. The summed E-state index contributed by atoms with van der Waals surface area (Å²) in [5.41, 5.74) is 3.36. The largest absolute Gasteiger partial charge is 0.349 e. The van der Waals surface area contributed by atoms with Crippen LogP contribution in [0.25, 0.3) is 0 Å². The Bertz CT molecular complexity index is 629. The van der Waals surface area contributed by atoms with E-state index in [0.717, 1.165) is 11.3 Å². The highest BCUT2D eigenvalue weighted by molar-refractivity contribution is 7.07. The maximum Gasteiger partial charge on any atom is 0.242 e. The minimum absolute atomic E-state index is 0.209.